The predicted octanol–water partition coefficient (Wildman–Crippen LogP) is 1.88. The van der Waals surface area contributed by atoms with Crippen molar-refractivity contribution in [2.75, 3.05) is 26.3 Å². The summed E-state index contributed by atoms with van der Waals surface area (Å²) in [5.74, 6) is -1.84. The molecule has 2 heterocycles. The molecule has 1 spiro atoms. The highest BCUT2D eigenvalue weighted by Crippen LogP contribution is 2.40. The summed E-state index contributed by atoms with van der Waals surface area (Å²) in [7, 11) is 0. The summed E-state index contributed by atoms with van der Waals surface area (Å²) in [4.78, 5) is 1.91. The van der Waals surface area contributed by atoms with Crippen LogP contribution in [0, 0.1) is 5.92 Å². The summed E-state index contributed by atoms with van der Waals surface area (Å²) < 4.78 is 50.3. The number of ether oxygens (including phenoxy) is 2. The van der Waals surface area contributed by atoms with Gasteiger partial charge in [0.2, 0.25) is 0 Å². The van der Waals surface area contributed by atoms with Gasteiger partial charge in [-0.15, -0.1) is 0 Å². The molecule has 3 aliphatic rings. The van der Waals surface area contributed by atoms with Crippen molar-refractivity contribution in [3.8, 4) is 0 Å². The van der Waals surface area contributed by atoms with E-state index in [1.807, 2.05) is 4.90 Å². The molecular weight excluding hydrogens is 285 g/mol. The minimum Gasteiger partial charge on any atom is -0.347 e. The Morgan fingerprint density at radius 3 is 2.52 bits per heavy atom. The molecular formula is C14H23F3N2O2. The van der Waals surface area contributed by atoms with Gasteiger partial charge in [0.1, 0.15) is 0 Å². The van der Waals surface area contributed by atoms with E-state index in [-0.39, 0.29) is 25.0 Å². The van der Waals surface area contributed by atoms with Crippen LogP contribution < -0.4 is 5.73 Å². The van der Waals surface area contributed by atoms with Gasteiger partial charge in [0.25, 0.3) is 0 Å². The van der Waals surface area contributed by atoms with E-state index in [9.17, 15) is 13.2 Å². The highest BCUT2D eigenvalue weighted by Gasteiger charge is 2.48. The SMILES string of the molecule is NC1CCC2(CC1N1CCCC(C(F)(F)F)C1)OCCO2. The first-order chi connectivity index (χ1) is 9.90. The number of hydrogen-bond donors (Lipinski definition) is 1. The maximum Gasteiger partial charge on any atom is 0.393 e. The summed E-state index contributed by atoms with van der Waals surface area (Å²) in [6.45, 7) is 1.86. The largest absolute Gasteiger partial charge is 0.393 e. The number of alkyl halides is 3. The van der Waals surface area contributed by atoms with E-state index in [2.05, 4.69) is 0 Å². The molecule has 0 aromatic rings. The molecule has 2 N–H and O–H groups in total. The van der Waals surface area contributed by atoms with E-state index in [0.717, 1.165) is 12.8 Å². The molecule has 3 atom stereocenters. The number of piperidine rings is 1. The van der Waals surface area contributed by atoms with Gasteiger partial charge in [0.05, 0.1) is 19.1 Å². The highest BCUT2D eigenvalue weighted by molar-refractivity contribution is 4.96. The fraction of sp³-hybridized carbons (Fsp3) is 1.00. The number of halogens is 3. The topological polar surface area (TPSA) is 47.7 Å². The monoisotopic (exact) mass is 308 g/mol. The zero-order chi connectivity index (χ0) is 15.1. The van der Waals surface area contributed by atoms with Crippen LogP contribution in [0.2, 0.25) is 0 Å². The normalized spacial score (nSPS) is 38.0. The van der Waals surface area contributed by atoms with Gasteiger partial charge in [-0.2, -0.15) is 13.2 Å². The Morgan fingerprint density at radius 2 is 1.86 bits per heavy atom. The van der Waals surface area contributed by atoms with Crippen molar-refractivity contribution in [1.82, 2.24) is 4.90 Å². The molecule has 2 saturated heterocycles. The molecule has 122 valence electrons. The Kier molecular flexibility index (Phi) is 4.20. The molecule has 0 amide bonds. The Bertz CT molecular complexity index is 372. The molecule has 0 bridgehead atoms. The van der Waals surface area contributed by atoms with Crippen molar-refractivity contribution in [3.63, 3.8) is 0 Å². The van der Waals surface area contributed by atoms with Crippen molar-refractivity contribution in [2.45, 2.75) is 56.2 Å². The molecule has 0 aromatic carbocycles. The molecule has 7 heteroatoms. The zero-order valence-corrected chi connectivity index (χ0v) is 12.1. The van der Waals surface area contributed by atoms with E-state index >= 15 is 0 Å². The first kappa shape index (κ1) is 15.5. The molecule has 1 saturated carbocycles. The lowest BCUT2D eigenvalue weighted by atomic mass is 9.83. The van der Waals surface area contributed by atoms with Gasteiger partial charge in [0, 0.05) is 31.5 Å². The van der Waals surface area contributed by atoms with E-state index in [4.69, 9.17) is 15.2 Å². The maximum atomic E-state index is 13.0. The fourth-order valence-electron chi connectivity index (χ4n) is 3.88. The van der Waals surface area contributed by atoms with Gasteiger partial charge in [-0.1, -0.05) is 0 Å². The second-order valence-electron chi connectivity index (χ2n) is 6.46. The van der Waals surface area contributed by atoms with Crippen LogP contribution in [-0.2, 0) is 9.47 Å². The van der Waals surface area contributed by atoms with Gasteiger partial charge in [0.15, 0.2) is 5.79 Å². The van der Waals surface area contributed by atoms with Gasteiger partial charge >= 0.3 is 6.18 Å². The standard InChI is InChI=1S/C14H23F3N2O2/c15-14(16,17)10-2-1-5-19(9-10)12-8-13(4-3-11(12)18)20-6-7-21-13/h10-12H,1-9,18H2. The van der Waals surface area contributed by atoms with Gasteiger partial charge in [-0.05, 0) is 25.8 Å². The second-order valence-corrected chi connectivity index (χ2v) is 6.46. The van der Waals surface area contributed by atoms with Crippen LogP contribution in [-0.4, -0.2) is 55.3 Å². The number of nitrogens with zero attached hydrogens (tertiary/aromatic N) is 1. The average molecular weight is 308 g/mol. The van der Waals surface area contributed by atoms with Gasteiger partial charge < -0.3 is 15.2 Å². The number of rotatable bonds is 1. The van der Waals surface area contributed by atoms with E-state index in [1.165, 1.54) is 0 Å². The van der Waals surface area contributed by atoms with Crippen LogP contribution in [0.4, 0.5) is 13.2 Å². The molecule has 4 nitrogen and oxygen atoms in total. The number of nitrogens with two attached hydrogens (primary N) is 1. The van der Waals surface area contributed by atoms with Crippen LogP contribution in [0.5, 0.6) is 0 Å². The molecule has 0 radical (unpaired) electrons. The summed E-state index contributed by atoms with van der Waals surface area (Å²) in [6.07, 6.45) is -1.27. The van der Waals surface area contributed by atoms with E-state index in [0.29, 0.717) is 32.6 Å². The van der Waals surface area contributed by atoms with E-state index in [1.54, 1.807) is 0 Å². The van der Waals surface area contributed by atoms with E-state index < -0.39 is 17.9 Å². The smallest absolute Gasteiger partial charge is 0.347 e. The lowest BCUT2D eigenvalue weighted by molar-refractivity contribution is -0.206. The first-order valence-corrected chi connectivity index (χ1v) is 7.74. The fourth-order valence-corrected chi connectivity index (χ4v) is 3.88. The highest BCUT2D eigenvalue weighted by atomic mass is 19.4. The first-order valence-electron chi connectivity index (χ1n) is 7.74. The summed E-state index contributed by atoms with van der Waals surface area (Å²) in [5, 5.41) is 0. The zero-order valence-electron chi connectivity index (χ0n) is 12.1. The third-order valence-corrected chi connectivity index (χ3v) is 5.07. The molecule has 2 aliphatic heterocycles. The van der Waals surface area contributed by atoms with Crippen molar-refractivity contribution < 1.29 is 22.6 Å². The van der Waals surface area contributed by atoms with Gasteiger partial charge in [-0.3, -0.25) is 4.90 Å². The average Bonchev–Trinajstić information content (AvgIpc) is 2.90. The third kappa shape index (κ3) is 3.21. The second kappa shape index (κ2) is 5.68. The Balaban J connectivity index is 1.69. The quantitative estimate of drug-likeness (QED) is 0.803. The Hall–Kier alpha value is -0.370. The molecule has 1 aliphatic carbocycles. The number of hydrogen-bond acceptors (Lipinski definition) is 4. The van der Waals surface area contributed by atoms with Crippen molar-refractivity contribution in [2.24, 2.45) is 11.7 Å². The Labute approximate surface area is 122 Å². The van der Waals surface area contributed by atoms with Crippen LogP contribution in [0.25, 0.3) is 0 Å². The van der Waals surface area contributed by atoms with Crippen LogP contribution in [0.1, 0.15) is 32.1 Å². The summed E-state index contributed by atoms with van der Waals surface area (Å²) in [6, 6.07) is -0.183. The van der Waals surface area contributed by atoms with Gasteiger partial charge in [-0.25, -0.2) is 0 Å². The molecule has 3 fully saturated rings. The molecule has 0 aromatic heterocycles. The molecule has 3 unspecified atom stereocenters. The van der Waals surface area contributed by atoms with Crippen molar-refractivity contribution in [3.05, 3.63) is 0 Å². The summed E-state index contributed by atoms with van der Waals surface area (Å²) in [5.41, 5.74) is 6.18. The minimum atomic E-state index is -4.12. The van der Waals surface area contributed by atoms with Crippen molar-refractivity contribution >= 4 is 0 Å². The van der Waals surface area contributed by atoms with Crippen molar-refractivity contribution in [1.29, 1.82) is 0 Å². The van der Waals surface area contributed by atoms with Crippen LogP contribution in [0.15, 0.2) is 0 Å². The minimum absolute atomic E-state index is 0.0535. The molecule has 21 heavy (non-hydrogen) atoms. The Morgan fingerprint density at radius 1 is 1.14 bits per heavy atom. The van der Waals surface area contributed by atoms with Crippen LogP contribution >= 0.6 is 0 Å². The van der Waals surface area contributed by atoms with Crippen LogP contribution in [0.3, 0.4) is 0 Å². The lowest BCUT2D eigenvalue weighted by Crippen LogP contribution is -2.59. The maximum absolute atomic E-state index is 13.0. The molecule has 3 rings (SSSR count). The third-order valence-electron chi connectivity index (χ3n) is 5.07. The lowest BCUT2D eigenvalue weighted by Gasteiger charge is -2.47. The summed E-state index contributed by atoms with van der Waals surface area (Å²) >= 11 is 0. The number of likely N-dealkylation sites (tertiary alicyclic amines) is 1. The predicted molar refractivity (Wildman–Crippen MR) is 70.6 cm³/mol.